The Labute approximate surface area is 146 Å². The Kier molecular flexibility index (Phi) is 5.00. The lowest BCUT2D eigenvalue weighted by molar-refractivity contribution is -0.116. The number of aryl methyl sites for hydroxylation is 1. The number of methoxy groups -OCH3 is 1. The molecule has 0 unspecified atom stereocenters. The average Bonchev–Trinajstić information content (AvgIpc) is 2.99. The van der Waals surface area contributed by atoms with Crippen molar-refractivity contribution in [1.82, 2.24) is 9.38 Å². The Balaban J connectivity index is 2.01. The molecule has 3 N–H and O–H groups in total. The molecule has 130 valence electrons. The molecule has 2 heterocycles. The molecule has 0 atom stereocenters. The maximum Gasteiger partial charge on any atom is 0.225 e. The zero-order valence-electron chi connectivity index (χ0n) is 14.5. The smallest absolute Gasteiger partial charge is 0.225 e. The number of hydrogen-bond acceptors (Lipinski definition) is 4. The van der Waals surface area contributed by atoms with Crippen LogP contribution in [0.2, 0.25) is 0 Å². The van der Waals surface area contributed by atoms with Crippen molar-refractivity contribution in [1.29, 1.82) is 0 Å². The summed E-state index contributed by atoms with van der Waals surface area (Å²) in [5.74, 6) is 0.728. The summed E-state index contributed by atoms with van der Waals surface area (Å²) in [6, 6.07) is 11.6. The molecule has 3 rings (SSSR count). The number of carbonyl (C=O) groups excluding carboxylic acids is 1. The zero-order chi connectivity index (χ0) is 17.8. The van der Waals surface area contributed by atoms with E-state index < -0.39 is 0 Å². The number of rotatable bonds is 6. The van der Waals surface area contributed by atoms with Crippen molar-refractivity contribution >= 4 is 17.2 Å². The van der Waals surface area contributed by atoms with Gasteiger partial charge in [-0.2, -0.15) is 0 Å². The highest BCUT2D eigenvalue weighted by atomic mass is 16.5. The van der Waals surface area contributed by atoms with Gasteiger partial charge in [0.05, 0.1) is 24.2 Å². The Hall–Kier alpha value is -2.86. The Morgan fingerprint density at radius 3 is 2.64 bits per heavy atom. The van der Waals surface area contributed by atoms with Gasteiger partial charge in [0, 0.05) is 24.7 Å². The molecule has 6 nitrogen and oxygen atoms in total. The van der Waals surface area contributed by atoms with Crippen LogP contribution in [0, 0.1) is 0 Å². The maximum atomic E-state index is 11.8. The molecule has 25 heavy (non-hydrogen) atoms. The molecule has 0 radical (unpaired) electrons. The Morgan fingerprint density at radius 2 is 2.00 bits per heavy atom. The fraction of sp³-hybridized carbons (Fsp3) is 0.263. The van der Waals surface area contributed by atoms with Crippen LogP contribution in [0.4, 0.5) is 5.69 Å². The largest absolute Gasteiger partial charge is 0.497 e. The van der Waals surface area contributed by atoms with Gasteiger partial charge >= 0.3 is 0 Å². The Bertz CT molecular complexity index is 884. The monoisotopic (exact) mass is 338 g/mol. The summed E-state index contributed by atoms with van der Waals surface area (Å²) >= 11 is 0. The van der Waals surface area contributed by atoms with Gasteiger partial charge in [0.1, 0.15) is 11.4 Å². The number of fused-ring (bicyclic) bond motifs is 1. The van der Waals surface area contributed by atoms with Crippen LogP contribution in [0.5, 0.6) is 5.75 Å². The molecule has 0 aliphatic heterocycles. The summed E-state index contributed by atoms with van der Waals surface area (Å²) < 4.78 is 7.24. The average molecular weight is 338 g/mol. The molecule has 1 aromatic carbocycles. The van der Waals surface area contributed by atoms with E-state index in [2.05, 4.69) is 12.2 Å². The number of anilines is 1. The van der Waals surface area contributed by atoms with Crippen molar-refractivity contribution in [3.63, 3.8) is 0 Å². The number of carbonyl (C=O) groups is 1. The van der Waals surface area contributed by atoms with Crippen molar-refractivity contribution in [3.8, 4) is 17.0 Å². The van der Waals surface area contributed by atoms with Crippen LogP contribution in [-0.2, 0) is 11.2 Å². The summed E-state index contributed by atoms with van der Waals surface area (Å²) in [5, 5.41) is 2.87. The predicted octanol–water partition coefficient (Wildman–Crippen LogP) is 2.86. The third-order valence-corrected chi connectivity index (χ3v) is 4.07. The second kappa shape index (κ2) is 7.36. The molecule has 0 aliphatic carbocycles. The molecule has 2 aromatic heterocycles. The van der Waals surface area contributed by atoms with E-state index in [0.29, 0.717) is 13.0 Å². The van der Waals surface area contributed by atoms with Gasteiger partial charge in [-0.15, -0.1) is 0 Å². The van der Waals surface area contributed by atoms with Gasteiger partial charge in [-0.25, -0.2) is 4.98 Å². The number of nitrogens with zero attached hydrogens (tertiary/aromatic N) is 2. The minimum atomic E-state index is -0.0876. The molecule has 6 heteroatoms. The first kappa shape index (κ1) is 17.0. The number of nitrogens with one attached hydrogen (secondary N) is 1. The van der Waals surface area contributed by atoms with E-state index in [1.165, 1.54) is 0 Å². The lowest BCUT2D eigenvalue weighted by Gasteiger charge is -2.07. The number of pyridine rings is 1. The summed E-state index contributed by atoms with van der Waals surface area (Å²) in [6.07, 6.45) is 3.03. The molecule has 0 saturated heterocycles. The highest BCUT2D eigenvalue weighted by Gasteiger charge is 2.13. The predicted molar refractivity (Wildman–Crippen MR) is 98.9 cm³/mol. The maximum absolute atomic E-state index is 11.8. The number of ether oxygens (including phenoxy) is 1. The molecule has 0 fully saturated rings. The minimum Gasteiger partial charge on any atom is -0.497 e. The first-order chi connectivity index (χ1) is 12.2. The van der Waals surface area contributed by atoms with Crippen LogP contribution in [-0.4, -0.2) is 28.9 Å². The fourth-order valence-electron chi connectivity index (χ4n) is 2.84. The van der Waals surface area contributed by atoms with Crippen molar-refractivity contribution < 1.29 is 9.53 Å². The van der Waals surface area contributed by atoms with Crippen LogP contribution in [0.1, 0.15) is 19.0 Å². The van der Waals surface area contributed by atoms with Crippen LogP contribution >= 0.6 is 0 Å². The van der Waals surface area contributed by atoms with E-state index in [9.17, 15) is 4.79 Å². The number of benzene rings is 1. The van der Waals surface area contributed by atoms with Gasteiger partial charge in [-0.05, 0) is 42.8 Å². The number of imidazole rings is 1. The molecular formula is C19H22N4O2. The Morgan fingerprint density at radius 1 is 1.24 bits per heavy atom. The van der Waals surface area contributed by atoms with Crippen molar-refractivity contribution in [3.05, 3.63) is 48.3 Å². The summed E-state index contributed by atoms with van der Waals surface area (Å²) in [5.41, 5.74) is 10.1. The molecule has 0 spiro atoms. The van der Waals surface area contributed by atoms with Gasteiger partial charge in [0.15, 0.2) is 0 Å². The topological polar surface area (TPSA) is 81.6 Å². The highest BCUT2D eigenvalue weighted by molar-refractivity contribution is 5.90. The fourth-order valence-corrected chi connectivity index (χ4v) is 2.84. The van der Waals surface area contributed by atoms with Gasteiger partial charge in [-0.1, -0.05) is 6.92 Å². The molecule has 3 aromatic rings. The second-order valence-corrected chi connectivity index (χ2v) is 5.72. The lowest BCUT2D eigenvalue weighted by atomic mass is 10.1. The summed E-state index contributed by atoms with van der Waals surface area (Å²) in [6.45, 7) is 2.43. The summed E-state index contributed by atoms with van der Waals surface area (Å²) in [4.78, 5) is 16.5. The van der Waals surface area contributed by atoms with Crippen LogP contribution < -0.4 is 15.8 Å². The van der Waals surface area contributed by atoms with Crippen molar-refractivity contribution in [2.75, 3.05) is 19.0 Å². The van der Waals surface area contributed by atoms with Crippen LogP contribution in [0.3, 0.4) is 0 Å². The molecule has 0 bridgehead atoms. The van der Waals surface area contributed by atoms with Gasteiger partial charge in [0.2, 0.25) is 5.91 Å². The third kappa shape index (κ3) is 3.49. The van der Waals surface area contributed by atoms with E-state index >= 15 is 0 Å². The second-order valence-electron chi connectivity index (χ2n) is 5.72. The van der Waals surface area contributed by atoms with Crippen LogP contribution in [0.15, 0.2) is 42.6 Å². The van der Waals surface area contributed by atoms with Crippen molar-refractivity contribution in [2.24, 2.45) is 5.73 Å². The molecule has 0 saturated carbocycles. The normalized spacial score (nSPS) is 10.8. The molecular weight excluding hydrogens is 316 g/mol. The van der Waals surface area contributed by atoms with E-state index in [4.69, 9.17) is 15.5 Å². The van der Waals surface area contributed by atoms with E-state index in [1.807, 2.05) is 47.0 Å². The van der Waals surface area contributed by atoms with Gasteiger partial charge < -0.3 is 20.2 Å². The SMILES string of the molecule is CCc1c(-c2ccc(OC)cc2)nc2ccc(NC(=O)CCN)cn12. The minimum absolute atomic E-state index is 0.0876. The van der Waals surface area contributed by atoms with E-state index in [1.54, 1.807) is 7.11 Å². The number of nitrogens with two attached hydrogens (primary N) is 1. The third-order valence-electron chi connectivity index (χ3n) is 4.07. The number of aromatic nitrogens is 2. The highest BCUT2D eigenvalue weighted by Crippen LogP contribution is 2.27. The zero-order valence-corrected chi connectivity index (χ0v) is 14.5. The number of amides is 1. The first-order valence-electron chi connectivity index (χ1n) is 8.31. The summed E-state index contributed by atoms with van der Waals surface area (Å²) in [7, 11) is 1.65. The van der Waals surface area contributed by atoms with Crippen molar-refractivity contribution in [2.45, 2.75) is 19.8 Å². The molecule has 1 amide bonds. The van der Waals surface area contributed by atoms with Crippen LogP contribution in [0.25, 0.3) is 16.9 Å². The van der Waals surface area contributed by atoms with E-state index in [0.717, 1.165) is 40.5 Å². The van der Waals surface area contributed by atoms with Gasteiger partial charge in [0.25, 0.3) is 0 Å². The number of hydrogen-bond donors (Lipinski definition) is 2. The van der Waals surface area contributed by atoms with Gasteiger partial charge in [-0.3, -0.25) is 4.79 Å². The first-order valence-corrected chi connectivity index (χ1v) is 8.31. The quantitative estimate of drug-likeness (QED) is 0.724. The molecule has 0 aliphatic rings. The van der Waals surface area contributed by atoms with E-state index in [-0.39, 0.29) is 5.91 Å². The standard InChI is InChI=1S/C19H22N4O2/c1-3-16-19(13-4-7-15(25-2)8-5-13)22-17-9-6-14(12-23(16)17)21-18(24)10-11-20/h4-9,12H,3,10-11,20H2,1-2H3,(H,21,24). The lowest BCUT2D eigenvalue weighted by Crippen LogP contribution is -2.16.